The number of likely N-dealkylation sites (N-methyl/N-ethyl adjacent to an activating group) is 1. The van der Waals surface area contributed by atoms with Crippen LogP contribution in [0.5, 0.6) is 0 Å². The Bertz CT molecular complexity index is 1570. The van der Waals surface area contributed by atoms with Crippen LogP contribution in [0.25, 0.3) is 0 Å². The lowest BCUT2D eigenvalue weighted by atomic mass is 10.0. The van der Waals surface area contributed by atoms with E-state index in [2.05, 4.69) is 74.7 Å². The molecule has 474 valence electrons. The molecule has 0 saturated carbocycles. The minimum atomic E-state index is -4.70. The molecule has 0 aliphatic heterocycles. The van der Waals surface area contributed by atoms with E-state index < -0.39 is 20.0 Å². The molecular weight excluding hydrogens is 1020 g/mol. The molecule has 0 rings (SSSR count). The summed E-state index contributed by atoms with van der Waals surface area (Å²) in [6.45, 7) is 6.83. The molecule has 0 heterocycles. The average molecular weight is 1160 g/mol. The van der Waals surface area contributed by atoms with Gasteiger partial charge in [-0.25, -0.2) is 0 Å². The summed E-state index contributed by atoms with van der Waals surface area (Å²) >= 11 is 0. The van der Waals surface area contributed by atoms with E-state index >= 15 is 0 Å². The van der Waals surface area contributed by atoms with Crippen molar-refractivity contribution in [3.05, 3.63) is 60.8 Å². The van der Waals surface area contributed by atoms with Gasteiger partial charge >= 0.3 is 5.97 Å². The van der Waals surface area contributed by atoms with E-state index in [9.17, 15) is 19.0 Å². The summed E-state index contributed by atoms with van der Waals surface area (Å²) in [6.07, 6.45) is 77.6. The van der Waals surface area contributed by atoms with Crippen LogP contribution in [0.15, 0.2) is 60.8 Å². The van der Waals surface area contributed by atoms with Gasteiger partial charge in [-0.2, -0.15) is 0 Å². The molecule has 81 heavy (non-hydrogen) atoms. The van der Waals surface area contributed by atoms with Gasteiger partial charge in [0.05, 0.1) is 33.8 Å². The second-order valence-electron chi connectivity index (χ2n) is 24.7. The number of nitrogens with zero attached hydrogens (tertiary/aromatic N) is 1. The van der Waals surface area contributed by atoms with Crippen molar-refractivity contribution in [3.8, 4) is 0 Å². The van der Waals surface area contributed by atoms with Crippen LogP contribution < -0.4 is 10.2 Å². The molecule has 0 fully saturated rings. The highest BCUT2D eigenvalue weighted by Crippen LogP contribution is 2.38. The Morgan fingerprint density at radius 3 is 1.14 bits per heavy atom. The maximum Gasteiger partial charge on any atom is 0.306 e. The third-order valence-corrected chi connectivity index (χ3v) is 16.4. The number of hydrogen-bond acceptors (Lipinski definition) is 7. The normalized spacial score (nSPS) is 13.9. The fourth-order valence-electron chi connectivity index (χ4n) is 10.1. The van der Waals surface area contributed by atoms with Gasteiger partial charge in [-0.05, 0) is 96.0 Å². The molecule has 0 saturated heterocycles. The second-order valence-corrected chi connectivity index (χ2v) is 26.1. The minimum absolute atomic E-state index is 0.0231. The van der Waals surface area contributed by atoms with Crippen LogP contribution in [0.2, 0.25) is 0 Å². The van der Waals surface area contributed by atoms with Crippen molar-refractivity contribution < 1.29 is 37.3 Å². The number of phosphoric acid groups is 1. The number of esters is 1. The van der Waals surface area contributed by atoms with Gasteiger partial charge in [0.2, 0.25) is 5.91 Å². The molecular formula is C71H133N2O7P. The van der Waals surface area contributed by atoms with Crippen molar-refractivity contribution in [3.63, 3.8) is 0 Å². The van der Waals surface area contributed by atoms with Crippen LogP contribution in [0.4, 0.5) is 0 Å². The Kier molecular flexibility index (Phi) is 59.1. The van der Waals surface area contributed by atoms with Gasteiger partial charge in [0.1, 0.15) is 19.3 Å². The largest absolute Gasteiger partial charge is 0.756 e. The molecule has 0 aromatic heterocycles. The minimum Gasteiger partial charge on any atom is -0.756 e. The monoisotopic (exact) mass is 1160 g/mol. The number of quaternary nitrogens is 1. The molecule has 9 nitrogen and oxygen atoms in total. The number of nitrogens with one attached hydrogen (secondary N) is 1. The fraction of sp³-hybridized carbons (Fsp3) is 0.831. The van der Waals surface area contributed by atoms with Gasteiger partial charge in [-0.3, -0.25) is 14.2 Å². The molecule has 3 atom stereocenters. The van der Waals surface area contributed by atoms with Crippen molar-refractivity contribution in [2.24, 2.45) is 0 Å². The molecule has 1 N–H and O–H groups in total. The zero-order valence-corrected chi connectivity index (χ0v) is 55.1. The highest BCUT2D eigenvalue weighted by molar-refractivity contribution is 7.45. The molecule has 0 bridgehead atoms. The number of allylic oxidation sites excluding steroid dienone is 9. The quantitative estimate of drug-likeness (QED) is 0.0212. The van der Waals surface area contributed by atoms with Crippen molar-refractivity contribution in [2.75, 3.05) is 40.9 Å². The number of ether oxygens (including phenoxy) is 1. The first kappa shape index (κ1) is 78.7. The lowest BCUT2D eigenvalue weighted by molar-refractivity contribution is -0.870. The Hall–Kier alpha value is -2.29. The number of carbonyl (C=O) groups is 2. The van der Waals surface area contributed by atoms with E-state index in [-0.39, 0.29) is 31.5 Å². The zero-order chi connectivity index (χ0) is 59.3. The topological polar surface area (TPSA) is 114 Å². The van der Waals surface area contributed by atoms with Crippen molar-refractivity contribution in [2.45, 2.75) is 341 Å². The number of carbonyl (C=O) groups excluding carboxylic acids is 2. The first-order valence-electron chi connectivity index (χ1n) is 34.6. The van der Waals surface area contributed by atoms with Gasteiger partial charge in [0.25, 0.3) is 7.82 Å². The smallest absolute Gasteiger partial charge is 0.306 e. The Morgan fingerprint density at radius 1 is 0.432 bits per heavy atom. The lowest BCUT2D eigenvalue weighted by Crippen LogP contribution is -2.47. The van der Waals surface area contributed by atoms with E-state index in [4.69, 9.17) is 13.8 Å². The number of unbranched alkanes of at least 4 members (excludes halogenated alkanes) is 39. The van der Waals surface area contributed by atoms with Crippen LogP contribution >= 0.6 is 7.82 Å². The Balaban J connectivity index is 5.15. The van der Waals surface area contributed by atoms with Gasteiger partial charge in [-0.15, -0.1) is 0 Å². The van der Waals surface area contributed by atoms with E-state index in [1.165, 1.54) is 225 Å². The molecule has 0 aromatic carbocycles. The van der Waals surface area contributed by atoms with Crippen LogP contribution in [0.1, 0.15) is 329 Å². The maximum atomic E-state index is 13.6. The van der Waals surface area contributed by atoms with E-state index in [0.717, 1.165) is 70.6 Å². The summed E-state index contributed by atoms with van der Waals surface area (Å²) in [4.78, 5) is 40.2. The van der Waals surface area contributed by atoms with Gasteiger partial charge in [-0.1, -0.05) is 281 Å². The molecule has 3 unspecified atom stereocenters. The predicted octanol–water partition coefficient (Wildman–Crippen LogP) is 21.2. The van der Waals surface area contributed by atoms with Crippen molar-refractivity contribution in [1.29, 1.82) is 0 Å². The summed E-state index contributed by atoms with van der Waals surface area (Å²) in [5.74, 6) is -0.534. The van der Waals surface area contributed by atoms with Crippen molar-refractivity contribution in [1.82, 2.24) is 5.32 Å². The third-order valence-electron chi connectivity index (χ3n) is 15.4. The summed E-state index contributed by atoms with van der Waals surface area (Å²) in [5.41, 5.74) is 0. The molecule has 1 amide bonds. The van der Waals surface area contributed by atoms with Gasteiger partial charge < -0.3 is 28.5 Å². The zero-order valence-electron chi connectivity index (χ0n) is 54.2. The van der Waals surface area contributed by atoms with Crippen LogP contribution in [-0.2, 0) is 27.9 Å². The highest BCUT2D eigenvalue weighted by atomic mass is 31.2. The van der Waals surface area contributed by atoms with Crippen LogP contribution in [0, 0.1) is 0 Å². The summed E-state index contributed by atoms with van der Waals surface area (Å²) in [5, 5.41) is 3.04. The second kappa shape index (κ2) is 60.8. The number of hydrogen-bond donors (Lipinski definition) is 1. The fourth-order valence-corrected chi connectivity index (χ4v) is 10.8. The number of rotatable bonds is 63. The summed E-state index contributed by atoms with van der Waals surface area (Å²) in [7, 11) is 1.19. The maximum absolute atomic E-state index is 13.6. The molecule has 0 aliphatic carbocycles. The van der Waals surface area contributed by atoms with Gasteiger partial charge in [0.15, 0.2) is 0 Å². The molecule has 10 heteroatoms. The number of phosphoric ester groups is 1. The average Bonchev–Trinajstić information content (AvgIpc) is 3.44. The Labute approximate surface area is 502 Å². The lowest BCUT2D eigenvalue weighted by Gasteiger charge is -2.30. The standard InChI is InChI=1S/C71H133N2O7P/c1-7-10-13-16-19-22-25-28-30-32-34-36-38-40-42-45-48-51-54-57-60-63-70(74)72-68(67-79-81(76,77)78-66-65-73(4,5)6)69(62-59-56-53-50-47-44-27-24-21-18-15-12-9-3)80-71(75)64-61-58-55-52-49-46-43-41-39-37-35-33-31-29-26-23-20-17-14-11-8-2/h19-20,22-23,28-31,59,62,68-69H,7-18,21,24-27,32-58,60-61,63-67H2,1-6H3,(H-,72,74,76,77)/b22-19-,23-20-,30-28-,31-29-,62-59+. The van der Waals surface area contributed by atoms with Crippen LogP contribution in [0.3, 0.4) is 0 Å². The molecule has 0 aromatic rings. The SMILES string of the molecule is CCCCC/C=C\C/C=C\CCCCCCCCCCCCCC(=O)NC(COP(=O)([O-])OCC[N+](C)(C)C)C(/C=C/CCCCCCCCCCCCC)OC(=O)CCCCCCCCCCCCC/C=C\C/C=C\CCCCC. The van der Waals surface area contributed by atoms with Gasteiger partial charge in [0, 0.05) is 12.8 Å². The third kappa shape index (κ3) is 62.1. The van der Waals surface area contributed by atoms with E-state index in [1.807, 2.05) is 33.3 Å². The summed E-state index contributed by atoms with van der Waals surface area (Å²) in [6, 6.07) is -0.891. The predicted molar refractivity (Wildman–Crippen MR) is 349 cm³/mol. The van der Waals surface area contributed by atoms with E-state index in [0.29, 0.717) is 17.4 Å². The van der Waals surface area contributed by atoms with E-state index in [1.54, 1.807) is 0 Å². The molecule has 0 radical (unpaired) electrons. The highest BCUT2D eigenvalue weighted by Gasteiger charge is 2.27. The Morgan fingerprint density at radius 2 is 0.753 bits per heavy atom. The van der Waals surface area contributed by atoms with Crippen molar-refractivity contribution >= 4 is 19.7 Å². The first-order chi connectivity index (χ1) is 39.4. The summed E-state index contributed by atoms with van der Waals surface area (Å²) < 4.78 is 30.4. The molecule has 0 spiro atoms. The van der Waals surface area contributed by atoms with Crippen LogP contribution in [-0.4, -0.2) is 69.4 Å². The number of amides is 1. The molecule has 0 aliphatic rings. The first-order valence-corrected chi connectivity index (χ1v) is 36.1.